The van der Waals surface area contributed by atoms with Gasteiger partial charge in [0.25, 0.3) is 5.91 Å². The number of fused-ring (bicyclic) bond motifs is 2. The van der Waals surface area contributed by atoms with Gasteiger partial charge in [-0.25, -0.2) is 4.98 Å². The summed E-state index contributed by atoms with van der Waals surface area (Å²) in [5.74, 6) is 0.0103. The molecule has 4 aromatic rings. The van der Waals surface area contributed by atoms with Crippen molar-refractivity contribution < 1.29 is 9.53 Å². The van der Waals surface area contributed by atoms with Crippen LogP contribution in [0.15, 0.2) is 42.7 Å². The molecule has 10 nitrogen and oxygen atoms in total. The fourth-order valence-electron chi connectivity index (χ4n) is 4.27. The summed E-state index contributed by atoms with van der Waals surface area (Å²) in [6, 6.07) is 10.2. The number of hydrogen-bond acceptors (Lipinski definition) is 8. The summed E-state index contributed by atoms with van der Waals surface area (Å²) in [5.41, 5.74) is 2.58. The maximum Gasteiger partial charge on any atom is 0.316 e. The molecule has 1 fully saturated rings. The van der Waals surface area contributed by atoms with Gasteiger partial charge in [0, 0.05) is 48.6 Å². The Morgan fingerprint density at radius 1 is 1.16 bits per heavy atom. The SMILES string of the molecule is COc1ncc2c(N3CC(C)NC(C)C3)ccc(C(=O)Nc3nnc4ccccn34)c2n1. The lowest BCUT2D eigenvalue weighted by molar-refractivity contribution is 0.102. The van der Waals surface area contributed by atoms with E-state index in [0.29, 0.717) is 34.8 Å². The predicted molar refractivity (Wildman–Crippen MR) is 121 cm³/mol. The Morgan fingerprint density at radius 2 is 1.97 bits per heavy atom. The summed E-state index contributed by atoms with van der Waals surface area (Å²) in [4.78, 5) is 24.4. The highest BCUT2D eigenvalue weighted by molar-refractivity contribution is 6.13. The number of methoxy groups -OCH3 is 1. The van der Waals surface area contributed by atoms with Crippen LogP contribution in [-0.2, 0) is 0 Å². The van der Waals surface area contributed by atoms with Crippen LogP contribution < -0.4 is 20.3 Å². The Labute approximate surface area is 184 Å². The number of aromatic nitrogens is 5. The summed E-state index contributed by atoms with van der Waals surface area (Å²) in [7, 11) is 1.51. The molecular formula is C22H24N8O2. The van der Waals surface area contributed by atoms with E-state index in [4.69, 9.17) is 4.74 Å². The van der Waals surface area contributed by atoms with Crippen molar-refractivity contribution in [3.05, 3.63) is 48.3 Å². The Balaban J connectivity index is 1.56. The number of nitrogens with zero attached hydrogens (tertiary/aromatic N) is 6. The van der Waals surface area contributed by atoms with Crippen molar-refractivity contribution in [1.82, 2.24) is 29.9 Å². The molecule has 4 heterocycles. The summed E-state index contributed by atoms with van der Waals surface area (Å²) in [6.07, 6.45) is 3.52. The van der Waals surface area contributed by atoms with E-state index in [9.17, 15) is 4.79 Å². The fraction of sp³-hybridized carbons (Fsp3) is 0.318. The molecule has 3 aromatic heterocycles. The molecular weight excluding hydrogens is 408 g/mol. The van der Waals surface area contributed by atoms with Gasteiger partial charge in [-0.05, 0) is 38.1 Å². The van der Waals surface area contributed by atoms with E-state index in [1.165, 1.54) is 7.11 Å². The third-order valence-corrected chi connectivity index (χ3v) is 5.57. The highest BCUT2D eigenvalue weighted by Crippen LogP contribution is 2.31. The molecule has 0 radical (unpaired) electrons. The number of amides is 1. The van der Waals surface area contributed by atoms with Gasteiger partial charge in [0.05, 0.1) is 18.2 Å². The second-order valence-electron chi connectivity index (χ2n) is 8.03. The van der Waals surface area contributed by atoms with Gasteiger partial charge in [-0.1, -0.05) is 6.07 Å². The third kappa shape index (κ3) is 3.58. The summed E-state index contributed by atoms with van der Waals surface area (Å²) >= 11 is 0. The Bertz CT molecular complexity index is 1290. The summed E-state index contributed by atoms with van der Waals surface area (Å²) in [6.45, 7) is 6.02. The molecule has 1 aromatic carbocycles. The summed E-state index contributed by atoms with van der Waals surface area (Å²) < 4.78 is 6.95. The minimum atomic E-state index is -0.331. The second-order valence-corrected chi connectivity index (χ2v) is 8.03. The molecule has 2 unspecified atom stereocenters. The lowest BCUT2D eigenvalue weighted by Crippen LogP contribution is -2.54. The number of ether oxygens (including phenoxy) is 1. The number of hydrogen-bond donors (Lipinski definition) is 2. The molecule has 0 aliphatic carbocycles. The molecule has 0 bridgehead atoms. The zero-order chi connectivity index (χ0) is 22.2. The standard InChI is InChI=1S/C22H24N8O2/c1-13-11-29(12-14(2)24-13)17-8-7-15(19-16(17)10-23-22(25-19)32-3)20(31)26-21-28-27-18-6-4-5-9-30(18)21/h4-10,13-14,24H,11-12H2,1-3H3,(H,26,28,31). The zero-order valence-corrected chi connectivity index (χ0v) is 18.1. The topological polar surface area (TPSA) is 110 Å². The van der Waals surface area contributed by atoms with Crippen molar-refractivity contribution in [2.75, 3.05) is 30.4 Å². The van der Waals surface area contributed by atoms with E-state index in [-0.39, 0.29) is 11.9 Å². The molecule has 1 amide bonds. The number of carbonyl (C=O) groups is 1. The first kappa shape index (κ1) is 20.1. The molecule has 32 heavy (non-hydrogen) atoms. The van der Waals surface area contributed by atoms with Gasteiger partial charge in [0.15, 0.2) is 5.65 Å². The van der Waals surface area contributed by atoms with Crippen LogP contribution in [0.4, 0.5) is 11.6 Å². The van der Waals surface area contributed by atoms with E-state index in [1.807, 2.05) is 24.3 Å². The highest BCUT2D eigenvalue weighted by atomic mass is 16.5. The number of piperazine rings is 1. The van der Waals surface area contributed by atoms with Crippen molar-refractivity contribution in [1.29, 1.82) is 0 Å². The Kier molecular flexibility index (Phi) is 5.06. The first-order chi connectivity index (χ1) is 15.5. The van der Waals surface area contributed by atoms with Crippen LogP contribution in [0.1, 0.15) is 24.2 Å². The second kappa shape index (κ2) is 8.04. The number of anilines is 2. The molecule has 2 N–H and O–H groups in total. The lowest BCUT2D eigenvalue weighted by Gasteiger charge is -2.38. The average Bonchev–Trinajstić information content (AvgIpc) is 3.20. The Hall–Kier alpha value is -3.79. The number of benzene rings is 1. The van der Waals surface area contributed by atoms with Crippen molar-refractivity contribution in [3.63, 3.8) is 0 Å². The number of rotatable bonds is 4. The Morgan fingerprint density at radius 3 is 2.75 bits per heavy atom. The van der Waals surface area contributed by atoms with Gasteiger partial charge in [-0.15, -0.1) is 10.2 Å². The van der Waals surface area contributed by atoms with Crippen LogP contribution in [0, 0.1) is 0 Å². The lowest BCUT2D eigenvalue weighted by atomic mass is 10.0. The summed E-state index contributed by atoms with van der Waals surface area (Å²) in [5, 5.41) is 15.4. The minimum Gasteiger partial charge on any atom is -0.467 e. The van der Waals surface area contributed by atoms with Crippen molar-refractivity contribution >= 4 is 34.1 Å². The molecule has 164 valence electrons. The van der Waals surface area contributed by atoms with E-state index in [2.05, 4.69) is 49.5 Å². The van der Waals surface area contributed by atoms with Crippen LogP contribution in [0.2, 0.25) is 0 Å². The van der Waals surface area contributed by atoms with E-state index >= 15 is 0 Å². The van der Waals surface area contributed by atoms with Crippen molar-refractivity contribution in [2.24, 2.45) is 0 Å². The zero-order valence-electron chi connectivity index (χ0n) is 18.1. The smallest absolute Gasteiger partial charge is 0.316 e. The first-order valence-electron chi connectivity index (χ1n) is 10.5. The third-order valence-electron chi connectivity index (χ3n) is 5.57. The maximum absolute atomic E-state index is 13.2. The van der Waals surface area contributed by atoms with Gasteiger partial charge in [0.1, 0.15) is 0 Å². The molecule has 1 aliphatic rings. The quantitative estimate of drug-likeness (QED) is 0.505. The van der Waals surface area contributed by atoms with Crippen LogP contribution in [0.3, 0.4) is 0 Å². The number of carbonyl (C=O) groups excluding carboxylic acids is 1. The predicted octanol–water partition coefficient (Wildman–Crippen LogP) is 2.12. The molecule has 1 saturated heterocycles. The maximum atomic E-state index is 13.2. The minimum absolute atomic E-state index is 0.207. The molecule has 5 rings (SSSR count). The molecule has 10 heteroatoms. The van der Waals surface area contributed by atoms with Gasteiger partial charge >= 0.3 is 6.01 Å². The normalized spacial score (nSPS) is 18.8. The van der Waals surface area contributed by atoms with Crippen LogP contribution in [-0.4, -0.2) is 62.8 Å². The monoisotopic (exact) mass is 432 g/mol. The van der Waals surface area contributed by atoms with E-state index in [0.717, 1.165) is 24.2 Å². The van der Waals surface area contributed by atoms with Crippen molar-refractivity contribution in [3.8, 4) is 6.01 Å². The van der Waals surface area contributed by atoms with Gasteiger partial charge < -0.3 is 15.0 Å². The number of pyridine rings is 1. The van der Waals surface area contributed by atoms with Crippen LogP contribution >= 0.6 is 0 Å². The molecule has 1 aliphatic heterocycles. The first-order valence-corrected chi connectivity index (χ1v) is 10.5. The van der Waals surface area contributed by atoms with Crippen LogP contribution in [0.25, 0.3) is 16.6 Å². The van der Waals surface area contributed by atoms with Gasteiger partial charge in [0.2, 0.25) is 5.95 Å². The fourth-order valence-corrected chi connectivity index (χ4v) is 4.27. The largest absolute Gasteiger partial charge is 0.467 e. The van der Waals surface area contributed by atoms with Gasteiger partial charge in [-0.2, -0.15) is 4.98 Å². The van der Waals surface area contributed by atoms with E-state index in [1.54, 1.807) is 22.9 Å². The van der Waals surface area contributed by atoms with Gasteiger partial charge in [-0.3, -0.25) is 14.5 Å². The van der Waals surface area contributed by atoms with Crippen LogP contribution in [0.5, 0.6) is 6.01 Å². The highest BCUT2D eigenvalue weighted by Gasteiger charge is 2.25. The molecule has 0 spiro atoms. The molecule has 2 atom stereocenters. The average molecular weight is 432 g/mol. The molecule has 0 saturated carbocycles. The number of nitrogens with one attached hydrogen (secondary N) is 2. The van der Waals surface area contributed by atoms with E-state index < -0.39 is 0 Å². The van der Waals surface area contributed by atoms with Crippen molar-refractivity contribution in [2.45, 2.75) is 25.9 Å².